The first-order valence-electron chi connectivity index (χ1n) is 25.4. The van der Waals surface area contributed by atoms with Crippen LogP contribution in [-0.2, 0) is 74.8 Å². The van der Waals surface area contributed by atoms with Gasteiger partial charge in [0.1, 0.15) is 43.0 Å². The zero-order valence-corrected chi connectivity index (χ0v) is 42.1. The lowest BCUT2D eigenvalue weighted by atomic mass is 9.86. The number of ether oxygens (including phenoxy) is 6. The summed E-state index contributed by atoms with van der Waals surface area (Å²) in [6.45, 7) is 3.01. The summed E-state index contributed by atoms with van der Waals surface area (Å²) in [5.74, 6) is -3.63. The molecule has 5 amide bonds. The van der Waals surface area contributed by atoms with Gasteiger partial charge >= 0.3 is 18.0 Å². The smallest absolute Gasteiger partial charge is 0.412 e. The molecule has 2 fully saturated rings. The van der Waals surface area contributed by atoms with Gasteiger partial charge < -0.3 is 69.2 Å². The molecule has 5 aliphatic heterocycles. The van der Waals surface area contributed by atoms with E-state index in [1.807, 2.05) is 6.92 Å². The summed E-state index contributed by atoms with van der Waals surface area (Å²) in [5, 5.41) is 61.1. The Morgan fingerprint density at radius 2 is 1.65 bits per heavy atom. The number of pyridine rings is 2. The maximum atomic E-state index is 14.1. The van der Waals surface area contributed by atoms with Crippen LogP contribution in [0.25, 0.3) is 22.3 Å². The van der Waals surface area contributed by atoms with E-state index in [0.29, 0.717) is 66.5 Å². The minimum Gasteiger partial charge on any atom is -0.479 e. The van der Waals surface area contributed by atoms with E-state index in [9.17, 15) is 63.9 Å². The van der Waals surface area contributed by atoms with Crippen LogP contribution < -0.4 is 35.7 Å². The van der Waals surface area contributed by atoms with Crippen molar-refractivity contribution in [3.8, 4) is 28.6 Å². The molecule has 77 heavy (non-hydrogen) atoms. The van der Waals surface area contributed by atoms with Gasteiger partial charge in [-0.2, -0.15) is 0 Å². The number of fused-ring (bicyclic) bond motifs is 6. The van der Waals surface area contributed by atoms with Crippen LogP contribution in [0.4, 0.5) is 16.2 Å². The van der Waals surface area contributed by atoms with E-state index in [0.717, 1.165) is 12.0 Å². The van der Waals surface area contributed by atoms with E-state index < -0.39 is 72.4 Å². The van der Waals surface area contributed by atoms with Gasteiger partial charge in [0, 0.05) is 61.4 Å². The lowest BCUT2D eigenvalue weighted by Gasteiger charge is -2.38. The van der Waals surface area contributed by atoms with Crippen molar-refractivity contribution in [2.75, 3.05) is 30.5 Å². The first kappa shape index (κ1) is 54.1. The third-order valence-corrected chi connectivity index (χ3v) is 14.3. The van der Waals surface area contributed by atoms with Crippen molar-refractivity contribution in [1.29, 1.82) is 0 Å². The number of aliphatic hydroxyl groups excluding tert-OH is 3. The highest BCUT2D eigenvalue weighted by atomic mass is 16.7. The zero-order valence-electron chi connectivity index (χ0n) is 42.1. The highest BCUT2D eigenvalue weighted by Crippen LogP contribution is 2.49. The number of aromatic nitrogens is 2. The van der Waals surface area contributed by atoms with Crippen LogP contribution in [0.5, 0.6) is 17.2 Å². The standard InChI is InChI=1S/C52H58N6O19/c1-3-5-9-26-27-21-58-32(19-29-28(47(58)66)23-72-50(69)52(29,71)4-2)40(27)55-31-20-34-45(75-24-74-34)41(39(26)31)56-51(70)73-22-25-11-12-33(76-49-44(65)42(63)43(64)46(77-49)48(67)68)30(18-25)54-36(60)15-16-53-35(59)10-7-6-8-17-57-37(61)13-14-38(57)62/h11-12,18-20,42-44,46,49,63-65,71H,3-10,13-17,21-24H2,1-2H3,(H,53,59)(H,54,60)(H,56,70)(H,67,68)/t42-,43-,44+,46-,49+,52?/m1/s1. The number of imide groups is 1. The number of carboxylic acid groups (broad SMARTS) is 1. The summed E-state index contributed by atoms with van der Waals surface area (Å²) in [6.07, 6.45) is -6.96. The minimum atomic E-state index is -2.04. The summed E-state index contributed by atoms with van der Waals surface area (Å²) in [4.78, 5) is 109. The van der Waals surface area contributed by atoms with Gasteiger partial charge in [-0.25, -0.2) is 19.4 Å². The minimum absolute atomic E-state index is 0.0351. The van der Waals surface area contributed by atoms with E-state index in [2.05, 4.69) is 16.0 Å². The third kappa shape index (κ3) is 10.7. The number of cyclic esters (lactones) is 1. The Balaban J connectivity index is 0.928. The molecule has 6 atom stereocenters. The number of carbonyl (C=O) groups is 7. The van der Waals surface area contributed by atoms with Gasteiger partial charge in [-0.3, -0.25) is 34.2 Å². The molecule has 0 radical (unpaired) electrons. The van der Waals surface area contributed by atoms with E-state index in [4.69, 9.17) is 33.4 Å². The average molecular weight is 1070 g/mol. The molecule has 25 nitrogen and oxygen atoms in total. The van der Waals surface area contributed by atoms with Gasteiger partial charge in [0.15, 0.2) is 23.2 Å². The van der Waals surface area contributed by atoms with Crippen LogP contribution in [0.15, 0.2) is 35.1 Å². The molecule has 9 rings (SSSR count). The van der Waals surface area contributed by atoms with Crippen molar-refractivity contribution in [2.45, 2.75) is 141 Å². The Bertz CT molecular complexity index is 3110. The second-order valence-corrected chi connectivity index (χ2v) is 19.3. The lowest BCUT2D eigenvalue weighted by Crippen LogP contribution is -2.61. The van der Waals surface area contributed by atoms with Crippen LogP contribution in [0.3, 0.4) is 0 Å². The first-order valence-corrected chi connectivity index (χ1v) is 25.4. The number of aliphatic carboxylic acids is 1. The van der Waals surface area contributed by atoms with Crippen molar-refractivity contribution < 1.29 is 87.5 Å². The van der Waals surface area contributed by atoms with E-state index in [1.165, 1.54) is 27.7 Å². The Morgan fingerprint density at radius 1 is 0.870 bits per heavy atom. The fourth-order valence-electron chi connectivity index (χ4n) is 10.1. The monoisotopic (exact) mass is 1070 g/mol. The highest BCUT2D eigenvalue weighted by molar-refractivity contribution is 6.07. The predicted octanol–water partition coefficient (Wildman–Crippen LogP) is 2.32. The van der Waals surface area contributed by atoms with Crippen molar-refractivity contribution in [3.63, 3.8) is 0 Å². The molecule has 25 heteroatoms. The molecule has 410 valence electrons. The SMILES string of the molecule is CCCCc1c2c(nc3cc4c(c(NC(=O)OCc5ccc(O[C@H]6O[C@@H](C(=O)O)[C@H](O)[C@@H](O)[C@@H]6O)c(NC(=O)CCNC(=O)CCCCCN6C(=O)CCC6=O)c5)c13)OCO4)-c1cc3c(c(=O)n1C2)COC(=O)C3(O)CC. The van der Waals surface area contributed by atoms with Crippen molar-refractivity contribution >= 4 is 63.9 Å². The number of esters is 1. The molecular formula is C52H58N6O19. The number of unbranched alkanes of at least 4 members (excludes halogenated alkanes) is 3. The summed E-state index contributed by atoms with van der Waals surface area (Å²) >= 11 is 0. The zero-order chi connectivity index (χ0) is 54.9. The maximum Gasteiger partial charge on any atom is 0.412 e. The Morgan fingerprint density at radius 3 is 2.39 bits per heavy atom. The molecular weight excluding hydrogens is 1010 g/mol. The number of likely N-dealkylation sites (tertiary alicyclic amines) is 1. The molecule has 4 aromatic rings. The van der Waals surface area contributed by atoms with Gasteiger partial charge in [-0.1, -0.05) is 32.8 Å². The Kier molecular flexibility index (Phi) is 15.8. The molecule has 0 saturated carbocycles. The largest absolute Gasteiger partial charge is 0.479 e. The average Bonchev–Trinajstić information content (AvgIpc) is 4.34. The summed E-state index contributed by atoms with van der Waals surface area (Å²) in [5.41, 5.74) is 0.864. The van der Waals surface area contributed by atoms with Gasteiger partial charge in [0.05, 0.1) is 34.7 Å². The maximum absolute atomic E-state index is 14.1. The third-order valence-electron chi connectivity index (χ3n) is 14.3. The molecule has 0 bridgehead atoms. The highest BCUT2D eigenvalue weighted by Gasteiger charge is 2.49. The molecule has 2 aromatic carbocycles. The van der Waals surface area contributed by atoms with Crippen LogP contribution >= 0.6 is 0 Å². The van der Waals surface area contributed by atoms with Crippen molar-refractivity contribution in [2.24, 2.45) is 0 Å². The number of aryl methyl sites for hydroxylation is 1. The molecule has 2 aromatic heterocycles. The quantitative estimate of drug-likeness (QED) is 0.0315. The summed E-state index contributed by atoms with van der Waals surface area (Å²) < 4.78 is 35.3. The number of nitrogens with zero attached hydrogens (tertiary/aromatic N) is 3. The second-order valence-electron chi connectivity index (χ2n) is 19.3. The number of carbonyl (C=O) groups excluding carboxylic acids is 6. The molecule has 0 spiro atoms. The van der Waals surface area contributed by atoms with E-state index >= 15 is 0 Å². The summed E-state index contributed by atoms with van der Waals surface area (Å²) in [7, 11) is 0. The molecule has 2 saturated heterocycles. The van der Waals surface area contributed by atoms with E-state index in [1.54, 1.807) is 19.1 Å². The van der Waals surface area contributed by atoms with Crippen LogP contribution in [-0.4, -0.2) is 132 Å². The molecule has 5 aliphatic rings. The Hall–Kier alpha value is -7.71. The number of hydrogen-bond acceptors (Lipinski definition) is 19. The number of anilines is 2. The summed E-state index contributed by atoms with van der Waals surface area (Å²) in [6, 6.07) is 7.37. The topological polar surface area (TPSA) is 350 Å². The van der Waals surface area contributed by atoms with Crippen molar-refractivity contribution in [3.05, 3.63) is 68.5 Å². The van der Waals surface area contributed by atoms with Gasteiger partial charge in [0.25, 0.3) is 5.56 Å². The number of carboxylic acids is 1. The normalized spacial score (nSPS) is 22.0. The predicted molar refractivity (Wildman–Crippen MR) is 265 cm³/mol. The fourth-order valence-corrected chi connectivity index (χ4v) is 10.1. The number of benzene rings is 2. The molecule has 8 N–H and O–H groups in total. The Labute approximate surface area is 438 Å². The lowest BCUT2D eigenvalue weighted by molar-refractivity contribution is -0.271. The van der Waals surface area contributed by atoms with Gasteiger partial charge in [0.2, 0.25) is 36.7 Å². The van der Waals surface area contributed by atoms with Gasteiger partial charge in [-0.05, 0) is 61.4 Å². The molecule has 7 heterocycles. The van der Waals surface area contributed by atoms with Crippen LogP contribution in [0, 0.1) is 0 Å². The van der Waals surface area contributed by atoms with Crippen LogP contribution in [0.2, 0.25) is 0 Å². The number of rotatable bonds is 20. The number of amides is 5. The second kappa shape index (κ2) is 22.5. The van der Waals surface area contributed by atoms with Crippen LogP contribution in [0.1, 0.15) is 106 Å². The number of nitrogens with one attached hydrogen (secondary N) is 3. The molecule has 0 aliphatic carbocycles. The van der Waals surface area contributed by atoms with E-state index in [-0.39, 0.29) is 122 Å². The first-order chi connectivity index (χ1) is 36.9. The molecule has 1 unspecified atom stereocenters. The fraction of sp³-hybridized carbons (Fsp3) is 0.481. The number of aliphatic hydroxyl groups is 4. The number of hydrogen-bond donors (Lipinski definition) is 8. The van der Waals surface area contributed by atoms with Crippen molar-refractivity contribution in [1.82, 2.24) is 19.8 Å². The van der Waals surface area contributed by atoms with Gasteiger partial charge in [-0.15, -0.1) is 0 Å².